The molecule has 2 aliphatic rings. The quantitative estimate of drug-likeness (QED) is 0.147. The molecule has 4 heterocycles. The smallest absolute Gasteiger partial charge is 0.294 e. The van der Waals surface area contributed by atoms with Gasteiger partial charge in [-0.3, -0.25) is 4.55 Å². The fourth-order valence-electron chi connectivity index (χ4n) is 5.55. The van der Waals surface area contributed by atoms with E-state index >= 15 is 0 Å². The van der Waals surface area contributed by atoms with Crippen LogP contribution in [-0.4, -0.2) is 46.0 Å². The molecule has 0 aliphatic carbocycles. The number of benzene rings is 3. The van der Waals surface area contributed by atoms with Crippen LogP contribution in [-0.2, 0) is 10.1 Å². The second kappa shape index (κ2) is 12.6. The standard InChI is InChI=1S/C26H28N6.C7H8O3S/c1-3-21(27-13-1)25-29-15-23(31-25)19-9-5-17(6-10-19)18-7-11-20(12-8-18)24-16-30-26(32-24)22-4-2-14-28-22;1-6-2-4-7(5-3-6)11(8,9)10/h5-12,15-16,21-22,27-28H,1-4,13-14H2,(H,29,31)(H,30,32);2-5H,1H3,(H,8,9,10)/t21-,22+;. The maximum atomic E-state index is 10.5. The molecule has 0 saturated carbocycles. The van der Waals surface area contributed by atoms with Crippen LogP contribution in [0.2, 0.25) is 0 Å². The Hall–Kier alpha value is -4.09. The Balaban J connectivity index is 0.000000254. The van der Waals surface area contributed by atoms with Crippen molar-refractivity contribution in [2.45, 2.75) is 49.6 Å². The monoisotopic (exact) mass is 596 g/mol. The van der Waals surface area contributed by atoms with Crippen LogP contribution >= 0.6 is 0 Å². The lowest BCUT2D eigenvalue weighted by molar-refractivity contribution is 0.483. The molecule has 2 atom stereocenters. The van der Waals surface area contributed by atoms with E-state index in [1.807, 2.05) is 19.3 Å². The molecule has 0 spiro atoms. The molecule has 0 bridgehead atoms. The zero-order valence-electron chi connectivity index (χ0n) is 24.0. The lowest BCUT2D eigenvalue weighted by Crippen LogP contribution is -2.14. The van der Waals surface area contributed by atoms with Gasteiger partial charge in [-0.1, -0.05) is 66.2 Å². The van der Waals surface area contributed by atoms with Crippen molar-refractivity contribution in [1.82, 2.24) is 30.6 Å². The molecule has 5 aromatic rings. The van der Waals surface area contributed by atoms with Crippen LogP contribution in [0.25, 0.3) is 33.6 Å². The van der Waals surface area contributed by atoms with Gasteiger partial charge in [-0.05, 0) is 80.1 Å². The Bertz CT molecular complexity index is 1650. The Morgan fingerprint density at radius 3 is 1.44 bits per heavy atom. The molecule has 9 nitrogen and oxygen atoms in total. The first kappa shape index (κ1) is 29.0. The van der Waals surface area contributed by atoms with Crippen molar-refractivity contribution >= 4 is 10.1 Å². The molecule has 43 heavy (non-hydrogen) atoms. The second-order valence-corrected chi connectivity index (χ2v) is 12.5. The molecular weight excluding hydrogens is 560 g/mol. The fraction of sp³-hybridized carbons (Fsp3) is 0.273. The Morgan fingerprint density at radius 1 is 0.651 bits per heavy atom. The van der Waals surface area contributed by atoms with Gasteiger partial charge in [0.05, 0.1) is 40.8 Å². The number of rotatable bonds is 6. The van der Waals surface area contributed by atoms with Gasteiger partial charge in [-0.15, -0.1) is 0 Å². The molecule has 0 amide bonds. The van der Waals surface area contributed by atoms with Crippen molar-refractivity contribution in [2.75, 3.05) is 13.1 Å². The van der Waals surface area contributed by atoms with Crippen molar-refractivity contribution in [3.05, 3.63) is 102 Å². The van der Waals surface area contributed by atoms with Crippen LogP contribution < -0.4 is 10.6 Å². The molecule has 10 heteroatoms. The molecule has 5 N–H and O–H groups in total. The van der Waals surface area contributed by atoms with Crippen molar-refractivity contribution in [2.24, 2.45) is 0 Å². The van der Waals surface area contributed by atoms with E-state index in [9.17, 15) is 8.42 Å². The minimum atomic E-state index is -4.02. The summed E-state index contributed by atoms with van der Waals surface area (Å²) in [7, 11) is -4.02. The maximum absolute atomic E-state index is 10.5. The molecule has 2 saturated heterocycles. The summed E-state index contributed by atoms with van der Waals surface area (Å²) < 4.78 is 29.6. The number of nitrogens with zero attached hydrogens (tertiary/aromatic N) is 2. The fourth-order valence-corrected chi connectivity index (χ4v) is 6.03. The van der Waals surface area contributed by atoms with Crippen LogP contribution in [0.15, 0.2) is 90.1 Å². The summed E-state index contributed by atoms with van der Waals surface area (Å²) in [5.74, 6) is 2.09. The van der Waals surface area contributed by atoms with E-state index < -0.39 is 10.1 Å². The van der Waals surface area contributed by atoms with Gasteiger partial charge in [0, 0.05) is 0 Å². The average molecular weight is 597 g/mol. The topological polar surface area (TPSA) is 136 Å². The number of hydrogen-bond donors (Lipinski definition) is 5. The number of aromatic nitrogens is 4. The van der Waals surface area contributed by atoms with Crippen LogP contribution in [0.4, 0.5) is 0 Å². The number of nitrogens with one attached hydrogen (secondary N) is 4. The van der Waals surface area contributed by atoms with Gasteiger partial charge in [0.1, 0.15) is 11.6 Å². The van der Waals surface area contributed by atoms with E-state index in [0.717, 1.165) is 65.7 Å². The predicted molar refractivity (Wildman–Crippen MR) is 168 cm³/mol. The summed E-state index contributed by atoms with van der Waals surface area (Å²) >= 11 is 0. The number of aryl methyl sites for hydroxylation is 1. The summed E-state index contributed by atoms with van der Waals surface area (Å²) in [4.78, 5) is 16.1. The summed E-state index contributed by atoms with van der Waals surface area (Å²) in [5, 5.41) is 6.99. The first-order valence-corrected chi connectivity index (χ1v) is 16.1. The van der Waals surface area contributed by atoms with Gasteiger partial charge in [0.15, 0.2) is 0 Å². The van der Waals surface area contributed by atoms with Gasteiger partial charge < -0.3 is 20.6 Å². The maximum Gasteiger partial charge on any atom is 0.294 e. The Kier molecular flexibility index (Phi) is 8.53. The highest BCUT2D eigenvalue weighted by Gasteiger charge is 2.20. The largest absolute Gasteiger partial charge is 0.341 e. The van der Waals surface area contributed by atoms with Crippen LogP contribution in [0.3, 0.4) is 0 Å². The zero-order chi connectivity index (χ0) is 29.8. The summed E-state index contributed by atoms with van der Waals surface area (Å²) in [5.41, 5.74) is 7.83. The van der Waals surface area contributed by atoms with Gasteiger partial charge in [-0.2, -0.15) is 8.42 Å². The zero-order valence-corrected chi connectivity index (χ0v) is 24.9. The average Bonchev–Trinajstić information content (AvgIpc) is 3.84. The number of hydrogen-bond acceptors (Lipinski definition) is 6. The van der Waals surface area contributed by atoms with E-state index in [0.29, 0.717) is 12.1 Å². The van der Waals surface area contributed by atoms with Crippen LogP contribution in [0.1, 0.15) is 55.0 Å². The summed E-state index contributed by atoms with van der Waals surface area (Å²) in [6.45, 7) is 3.99. The second-order valence-electron chi connectivity index (χ2n) is 11.1. The van der Waals surface area contributed by atoms with E-state index in [-0.39, 0.29) is 4.90 Å². The van der Waals surface area contributed by atoms with E-state index in [1.54, 1.807) is 12.1 Å². The number of aromatic amines is 2. The van der Waals surface area contributed by atoms with E-state index in [2.05, 4.69) is 79.1 Å². The van der Waals surface area contributed by atoms with E-state index in [4.69, 9.17) is 4.55 Å². The van der Waals surface area contributed by atoms with Crippen molar-refractivity contribution < 1.29 is 13.0 Å². The van der Waals surface area contributed by atoms with Gasteiger partial charge in [-0.25, -0.2) is 9.97 Å². The lowest BCUT2D eigenvalue weighted by Gasteiger charge is -2.07. The third-order valence-corrected chi connectivity index (χ3v) is 8.88. The molecule has 0 unspecified atom stereocenters. The molecule has 222 valence electrons. The third-order valence-electron chi connectivity index (χ3n) is 8.02. The number of H-pyrrole nitrogens is 2. The van der Waals surface area contributed by atoms with Crippen molar-refractivity contribution in [3.63, 3.8) is 0 Å². The molecule has 2 aromatic heterocycles. The molecule has 0 radical (unpaired) electrons. The highest BCUT2D eigenvalue weighted by Crippen LogP contribution is 2.29. The lowest BCUT2D eigenvalue weighted by atomic mass is 10.0. The predicted octanol–water partition coefficient (Wildman–Crippen LogP) is 6.22. The van der Waals surface area contributed by atoms with Gasteiger partial charge in [0.25, 0.3) is 10.1 Å². The first-order chi connectivity index (χ1) is 20.8. The number of imidazole rings is 2. The van der Waals surface area contributed by atoms with Crippen LogP contribution in [0.5, 0.6) is 0 Å². The Morgan fingerprint density at radius 2 is 1.07 bits per heavy atom. The molecule has 2 fully saturated rings. The highest BCUT2D eigenvalue weighted by molar-refractivity contribution is 7.85. The van der Waals surface area contributed by atoms with Crippen LogP contribution in [0, 0.1) is 6.92 Å². The molecular formula is C33H36N6O3S. The van der Waals surface area contributed by atoms with E-state index in [1.165, 1.54) is 36.1 Å². The Labute approximate surface area is 252 Å². The molecule has 2 aliphatic heterocycles. The minimum Gasteiger partial charge on any atom is -0.341 e. The van der Waals surface area contributed by atoms with Gasteiger partial charge in [0.2, 0.25) is 0 Å². The summed E-state index contributed by atoms with van der Waals surface area (Å²) in [6, 6.07) is 24.1. The minimum absolute atomic E-state index is 0.0666. The SMILES string of the molecule is Cc1ccc(S(=O)(=O)O)cc1.c1cc(-c2cnc([C@@H]3CCCN3)[nH]2)ccc1-c1ccc(-c2cnc([C@H]3CCCN3)[nH]2)cc1. The van der Waals surface area contributed by atoms with Gasteiger partial charge >= 0.3 is 0 Å². The normalized spacial score (nSPS) is 18.4. The highest BCUT2D eigenvalue weighted by atomic mass is 32.2. The van der Waals surface area contributed by atoms with Crippen molar-refractivity contribution in [1.29, 1.82) is 0 Å². The molecule has 3 aromatic carbocycles. The molecule has 7 rings (SSSR count). The third kappa shape index (κ3) is 6.94. The summed E-state index contributed by atoms with van der Waals surface area (Å²) in [6.07, 6.45) is 8.62. The first-order valence-electron chi connectivity index (χ1n) is 14.7. The van der Waals surface area contributed by atoms with Crippen molar-refractivity contribution in [3.8, 4) is 33.6 Å².